The average Bonchev–Trinajstić information content (AvgIpc) is 3.27. The van der Waals surface area contributed by atoms with E-state index in [1.54, 1.807) is 0 Å². The molecule has 2 aliphatic rings. The van der Waals surface area contributed by atoms with E-state index in [1.165, 1.54) is 43.2 Å². The Hall–Kier alpha value is -1.83. The number of hydrogen-bond donors (Lipinski definition) is 2. The number of nitrogens with zero attached hydrogens (tertiary/aromatic N) is 3. The van der Waals surface area contributed by atoms with E-state index in [4.69, 9.17) is 4.99 Å². The highest BCUT2D eigenvalue weighted by Gasteiger charge is 2.38. The Bertz CT molecular complexity index is 813. The number of hydrogen-bond acceptors (Lipinski definition) is 3. The van der Waals surface area contributed by atoms with Crippen molar-refractivity contribution in [2.45, 2.75) is 51.0 Å². The summed E-state index contributed by atoms with van der Waals surface area (Å²) in [6, 6.07) is 15.2. The molecule has 0 unspecified atom stereocenters. The van der Waals surface area contributed by atoms with Crippen molar-refractivity contribution in [2.75, 3.05) is 31.1 Å². The summed E-state index contributed by atoms with van der Waals surface area (Å²) in [7, 11) is 0. The standard InChI is InChI=1S/C24H33N5.HI/c1-2-25-23(28-19-24(12-8-13-24)21-9-4-3-5-10-21)27-18-20-11-14-26-22(17-20)29-15-6-7-16-29;/h3-5,9-11,14,17H,2,6-8,12-13,15-16,18-19H2,1H3,(H2,25,27,28);1H. The van der Waals surface area contributed by atoms with Gasteiger partial charge < -0.3 is 15.5 Å². The molecule has 1 saturated carbocycles. The van der Waals surface area contributed by atoms with Crippen LogP contribution < -0.4 is 15.5 Å². The van der Waals surface area contributed by atoms with E-state index in [0.717, 1.165) is 38.0 Å². The molecule has 1 aliphatic heterocycles. The smallest absolute Gasteiger partial charge is 0.191 e. The van der Waals surface area contributed by atoms with E-state index >= 15 is 0 Å². The van der Waals surface area contributed by atoms with Gasteiger partial charge in [-0.05, 0) is 55.9 Å². The number of pyridine rings is 1. The van der Waals surface area contributed by atoms with Crippen molar-refractivity contribution < 1.29 is 0 Å². The number of rotatable bonds is 7. The molecular formula is C24H34IN5. The predicted molar refractivity (Wildman–Crippen MR) is 136 cm³/mol. The highest BCUT2D eigenvalue weighted by atomic mass is 127. The van der Waals surface area contributed by atoms with Crippen molar-refractivity contribution in [1.82, 2.24) is 15.6 Å². The van der Waals surface area contributed by atoms with Gasteiger partial charge in [0, 0.05) is 37.8 Å². The van der Waals surface area contributed by atoms with Crippen LogP contribution in [0.25, 0.3) is 0 Å². The zero-order valence-electron chi connectivity index (χ0n) is 17.9. The van der Waals surface area contributed by atoms with Crippen LogP contribution in [0, 0.1) is 0 Å². The fourth-order valence-corrected chi connectivity index (χ4v) is 4.41. The molecule has 0 amide bonds. The molecule has 1 aliphatic carbocycles. The molecule has 1 aromatic carbocycles. The predicted octanol–water partition coefficient (Wildman–Crippen LogP) is 4.48. The summed E-state index contributed by atoms with van der Waals surface area (Å²) < 4.78 is 0. The molecule has 2 heterocycles. The van der Waals surface area contributed by atoms with Crippen LogP contribution >= 0.6 is 24.0 Å². The van der Waals surface area contributed by atoms with Gasteiger partial charge in [-0.15, -0.1) is 24.0 Å². The number of guanidine groups is 1. The second kappa shape index (κ2) is 11.0. The maximum atomic E-state index is 4.85. The molecule has 0 bridgehead atoms. The van der Waals surface area contributed by atoms with Gasteiger partial charge in [-0.1, -0.05) is 36.8 Å². The number of nitrogens with one attached hydrogen (secondary N) is 2. The topological polar surface area (TPSA) is 52.6 Å². The minimum atomic E-state index is 0. The van der Waals surface area contributed by atoms with Gasteiger partial charge in [-0.3, -0.25) is 0 Å². The quantitative estimate of drug-likeness (QED) is 0.322. The second-order valence-electron chi connectivity index (χ2n) is 8.27. The zero-order chi connectivity index (χ0) is 19.9. The first-order valence-corrected chi connectivity index (χ1v) is 11.1. The summed E-state index contributed by atoms with van der Waals surface area (Å²) in [5.41, 5.74) is 2.90. The van der Waals surface area contributed by atoms with E-state index in [-0.39, 0.29) is 29.4 Å². The summed E-state index contributed by atoms with van der Waals surface area (Å²) in [5, 5.41) is 7.02. The van der Waals surface area contributed by atoms with Crippen LogP contribution in [0.3, 0.4) is 0 Å². The molecule has 4 rings (SSSR count). The Morgan fingerprint density at radius 2 is 1.83 bits per heavy atom. The third kappa shape index (κ3) is 5.45. The monoisotopic (exact) mass is 519 g/mol. The van der Waals surface area contributed by atoms with Gasteiger partial charge >= 0.3 is 0 Å². The van der Waals surface area contributed by atoms with Crippen LogP contribution in [0.5, 0.6) is 0 Å². The molecule has 2 N–H and O–H groups in total. The first kappa shape index (κ1) is 22.8. The maximum Gasteiger partial charge on any atom is 0.191 e. The zero-order valence-corrected chi connectivity index (χ0v) is 20.3. The number of halogens is 1. The summed E-state index contributed by atoms with van der Waals surface area (Å²) in [4.78, 5) is 11.8. The van der Waals surface area contributed by atoms with E-state index in [0.29, 0.717) is 6.54 Å². The molecule has 0 radical (unpaired) electrons. The number of anilines is 1. The Kier molecular flexibility index (Phi) is 8.36. The van der Waals surface area contributed by atoms with Crippen LogP contribution in [-0.4, -0.2) is 37.1 Å². The van der Waals surface area contributed by atoms with Crippen molar-refractivity contribution >= 4 is 35.8 Å². The Morgan fingerprint density at radius 3 is 2.50 bits per heavy atom. The minimum absolute atomic E-state index is 0. The van der Waals surface area contributed by atoms with Crippen molar-refractivity contribution in [1.29, 1.82) is 0 Å². The SMILES string of the molecule is CCNC(=NCc1ccnc(N2CCCC2)c1)NCC1(c2ccccc2)CCC1.I. The highest BCUT2D eigenvalue weighted by molar-refractivity contribution is 14.0. The van der Waals surface area contributed by atoms with Crippen molar-refractivity contribution in [2.24, 2.45) is 4.99 Å². The third-order valence-corrected chi connectivity index (χ3v) is 6.29. The Balaban J connectivity index is 0.00000256. The van der Waals surface area contributed by atoms with Gasteiger partial charge in [0.2, 0.25) is 0 Å². The fraction of sp³-hybridized carbons (Fsp3) is 0.500. The highest BCUT2D eigenvalue weighted by Crippen LogP contribution is 2.43. The van der Waals surface area contributed by atoms with E-state index < -0.39 is 0 Å². The van der Waals surface area contributed by atoms with Gasteiger partial charge in [0.25, 0.3) is 0 Å². The van der Waals surface area contributed by atoms with Gasteiger partial charge in [0.1, 0.15) is 5.82 Å². The van der Waals surface area contributed by atoms with Crippen molar-refractivity contribution in [3.8, 4) is 0 Å². The van der Waals surface area contributed by atoms with Gasteiger partial charge in [-0.2, -0.15) is 0 Å². The van der Waals surface area contributed by atoms with Gasteiger partial charge in [-0.25, -0.2) is 9.98 Å². The molecular weight excluding hydrogens is 485 g/mol. The average molecular weight is 519 g/mol. The molecule has 1 saturated heterocycles. The maximum absolute atomic E-state index is 4.85. The fourth-order valence-electron chi connectivity index (χ4n) is 4.41. The van der Waals surface area contributed by atoms with Crippen LogP contribution in [0.2, 0.25) is 0 Å². The Morgan fingerprint density at radius 1 is 1.07 bits per heavy atom. The molecule has 6 heteroatoms. The summed E-state index contributed by atoms with van der Waals surface area (Å²) in [6.07, 6.45) is 8.24. The van der Waals surface area contributed by atoms with E-state index in [9.17, 15) is 0 Å². The molecule has 30 heavy (non-hydrogen) atoms. The lowest BCUT2D eigenvalue weighted by Gasteiger charge is -2.43. The van der Waals surface area contributed by atoms with Gasteiger partial charge in [0.15, 0.2) is 5.96 Å². The lowest BCUT2D eigenvalue weighted by molar-refractivity contribution is 0.244. The van der Waals surface area contributed by atoms with Gasteiger partial charge in [0.05, 0.1) is 6.54 Å². The lowest BCUT2D eigenvalue weighted by atomic mass is 9.64. The normalized spacial score (nSPS) is 17.8. The minimum Gasteiger partial charge on any atom is -0.357 e. The molecule has 162 valence electrons. The van der Waals surface area contributed by atoms with Crippen LogP contribution in [0.1, 0.15) is 50.2 Å². The number of benzene rings is 1. The molecule has 2 fully saturated rings. The van der Waals surface area contributed by atoms with Crippen molar-refractivity contribution in [3.63, 3.8) is 0 Å². The summed E-state index contributed by atoms with van der Waals surface area (Å²) >= 11 is 0. The Labute approximate surface area is 197 Å². The molecule has 1 aromatic heterocycles. The first-order valence-electron chi connectivity index (χ1n) is 11.1. The van der Waals surface area contributed by atoms with Crippen molar-refractivity contribution in [3.05, 3.63) is 59.8 Å². The number of aromatic nitrogens is 1. The number of aliphatic imine (C=N–C) groups is 1. The molecule has 0 atom stereocenters. The summed E-state index contributed by atoms with van der Waals surface area (Å²) in [6.45, 7) is 6.80. The van der Waals surface area contributed by atoms with Crippen LogP contribution in [0.4, 0.5) is 5.82 Å². The molecule has 5 nitrogen and oxygen atoms in total. The molecule has 2 aromatic rings. The summed E-state index contributed by atoms with van der Waals surface area (Å²) in [5.74, 6) is 1.99. The van der Waals surface area contributed by atoms with E-state index in [1.807, 2.05) is 6.20 Å². The second-order valence-corrected chi connectivity index (χ2v) is 8.27. The first-order chi connectivity index (χ1) is 14.3. The van der Waals surface area contributed by atoms with E-state index in [2.05, 4.69) is 69.9 Å². The van der Waals surface area contributed by atoms with Crippen LogP contribution in [0.15, 0.2) is 53.7 Å². The molecule has 0 spiro atoms. The lowest BCUT2D eigenvalue weighted by Crippen LogP contribution is -2.48. The largest absolute Gasteiger partial charge is 0.357 e. The third-order valence-electron chi connectivity index (χ3n) is 6.29. The van der Waals surface area contributed by atoms with Crippen LogP contribution in [-0.2, 0) is 12.0 Å².